The molecule has 0 aromatic heterocycles. The zero-order valence-electron chi connectivity index (χ0n) is 5.16. The number of carbonyl (C=O) groups excluding carboxylic acids is 1. The molecular formula is C5H7NO4. The molecule has 1 rings (SSSR count). The molecule has 5 heteroatoms. The molecule has 0 radical (unpaired) electrons. The van der Waals surface area contributed by atoms with Gasteiger partial charge in [0.2, 0.25) is 6.41 Å². The van der Waals surface area contributed by atoms with E-state index in [-0.39, 0.29) is 13.2 Å². The van der Waals surface area contributed by atoms with Crippen molar-refractivity contribution in [3.8, 4) is 0 Å². The van der Waals surface area contributed by atoms with Crippen LogP contribution in [0.4, 0.5) is 0 Å². The van der Waals surface area contributed by atoms with Gasteiger partial charge in [0.1, 0.15) is 0 Å². The van der Waals surface area contributed by atoms with Crippen molar-refractivity contribution in [2.24, 2.45) is 0 Å². The number of ether oxygens (including phenoxy) is 1. The largest absolute Gasteiger partial charge is 0.479 e. The van der Waals surface area contributed by atoms with Crippen LogP contribution in [-0.2, 0) is 14.3 Å². The fourth-order valence-corrected chi connectivity index (χ4v) is 0.688. The van der Waals surface area contributed by atoms with Crippen LogP contribution in [0.25, 0.3) is 0 Å². The zero-order chi connectivity index (χ0) is 7.61. The summed E-state index contributed by atoms with van der Waals surface area (Å²) >= 11 is 0. The van der Waals surface area contributed by atoms with E-state index in [1.165, 1.54) is 0 Å². The Morgan fingerprint density at radius 1 is 1.70 bits per heavy atom. The maximum Gasteiger partial charge on any atom is 0.334 e. The highest BCUT2D eigenvalue weighted by Crippen LogP contribution is 2.15. The molecule has 0 aromatic rings. The molecule has 1 aliphatic heterocycles. The van der Waals surface area contributed by atoms with E-state index in [9.17, 15) is 9.59 Å². The van der Waals surface area contributed by atoms with Crippen LogP contribution < -0.4 is 5.32 Å². The molecule has 0 unspecified atom stereocenters. The molecule has 1 saturated heterocycles. The molecule has 56 valence electrons. The summed E-state index contributed by atoms with van der Waals surface area (Å²) in [5, 5.41) is 10.7. The van der Waals surface area contributed by atoms with E-state index < -0.39 is 11.5 Å². The Labute approximate surface area is 57.0 Å². The minimum Gasteiger partial charge on any atom is -0.479 e. The van der Waals surface area contributed by atoms with Crippen LogP contribution in [0.2, 0.25) is 0 Å². The molecule has 1 aliphatic rings. The standard InChI is InChI=1S/C5H7NO4/c7-3-6-5(4(8)9)1-10-2-5/h3H,1-2H2,(H,6,7)(H,8,9). The van der Waals surface area contributed by atoms with E-state index in [2.05, 4.69) is 10.1 Å². The van der Waals surface area contributed by atoms with E-state index in [4.69, 9.17) is 5.11 Å². The number of nitrogens with one attached hydrogen (secondary N) is 1. The molecule has 0 aromatic carbocycles. The highest BCUT2D eigenvalue weighted by Gasteiger charge is 2.46. The fraction of sp³-hybridized carbons (Fsp3) is 0.600. The van der Waals surface area contributed by atoms with Gasteiger partial charge in [-0.2, -0.15) is 0 Å². The molecule has 1 heterocycles. The van der Waals surface area contributed by atoms with Gasteiger partial charge in [-0.25, -0.2) is 4.79 Å². The quantitative estimate of drug-likeness (QED) is 0.478. The first-order chi connectivity index (χ1) is 4.71. The molecule has 5 nitrogen and oxygen atoms in total. The molecule has 10 heavy (non-hydrogen) atoms. The number of carboxylic acids is 1. The summed E-state index contributed by atoms with van der Waals surface area (Å²) in [4.78, 5) is 20.3. The van der Waals surface area contributed by atoms with Gasteiger partial charge in [0.05, 0.1) is 13.2 Å². The van der Waals surface area contributed by atoms with Crippen molar-refractivity contribution in [1.29, 1.82) is 0 Å². The van der Waals surface area contributed by atoms with Gasteiger partial charge in [-0.3, -0.25) is 4.79 Å². The Morgan fingerprint density at radius 3 is 2.40 bits per heavy atom. The number of rotatable bonds is 3. The normalized spacial score (nSPS) is 20.8. The van der Waals surface area contributed by atoms with Crippen molar-refractivity contribution in [2.45, 2.75) is 5.54 Å². The molecule has 1 fully saturated rings. The summed E-state index contributed by atoms with van der Waals surface area (Å²) in [6, 6.07) is 0. The lowest BCUT2D eigenvalue weighted by atomic mass is 9.98. The number of carboxylic acid groups (broad SMARTS) is 1. The summed E-state index contributed by atoms with van der Waals surface area (Å²) in [6.07, 6.45) is 0.372. The smallest absolute Gasteiger partial charge is 0.334 e. The third-order valence-electron chi connectivity index (χ3n) is 1.44. The molecule has 0 atom stereocenters. The Kier molecular flexibility index (Phi) is 1.58. The fourth-order valence-electron chi connectivity index (χ4n) is 0.688. The van der Waals surface area contributed by atoms with Gasteiger partial charge in [0.15, 0.2) is 5.54 Å². The molecule has 0 aliphatic carbocycles. The van der Waals surface area contributed by atoms with Crippen molar-refractivity contribution in [1.82, 2.24) is 5.32 Å². The lowest BCUT2D eigenvalue weighted by Gasteiger charge is -2.36. The Bertz CT molecular complexity index is 163. The van der Waals surface area contributed by atoms with E-state index in [0.717, 1.165) is 0 Å². The average Bonchev–Trinajstić information content (AvgIpc) is 1.77. The predicted octanol–water partition coefficient (Wildman–Crippen LogP) is -1.41. The van der Waals surface area contributed by atoms with Crippen molar-refractivity contribution in [2.75, 3.05) is 13.2 Å². The second-order valence-corrected chi connectivity index (χ2v) is 2.14. The summed E-state index contributed by atoms with van der Waals surface area (Å²) in [5.74, 6) is -1.05. The minimum absolute atomic E-state index is 0.0566. The number of hydrogen-bond donors (Lipinski definition) is 2. The van der Waals surface area contributed by atoms with Crippen LogP contribution in [-0.4, -0.2) is 36.2 Å². The molecular weight excluding hydrogens is 138 g/mol. The van der Waals surface area contributed by atoms with Crippen molar-refractivity contribution < 1.29 is 19.4 Å². The first-order valence-corrected chi connectivity index (χ1v) is 2.74. The Hall–Kier alpha value is -1.10. The maximum atomic E-state index is 10.4. The predicted molar refractivity (Wildman–Crippen MR) is 30.4 cm³/mol. The van der Waals surface area contributed by atoms with Crippen LogP contribution in [0.1, 0.15) is 0 Å². The molecule has 1 amide bonds. The molecule has 0 bridgehead atoms. The highest BCUT2D eigenvalue weighted by atomic mass is 16.5. The third kappa shape index (κ3) is 0.841. The van der Waals surface area contributed by atoms with Gasteiger partial charge >= 0.3 is 5.97 Å². The van der Waals surface area contributed by atoms with Crippen molar-refractivity contribution >= 4 is 12.4 Å². The molecule has 0 saturated carbocycles. The van der Waals surface area contributed by atoms with Gasteiger partial charge in [0.25, 0.3) is 0 Å². The monoisotopic (exact) mass is 145 g/mol. The number of hydrogen-bond acceptors (Lipinski definition) is 3. The lowest BCUT2D eigenvalue weighted by molar-refractivity contribution is -0.167. The van der Waals surface area contributed by atoms with E-state index >= 15 is 0 Å². The first-order valence-electron chi connectivity index (χ1n) is 2.74. The van der Waals surface area contributed by atoms with Crippen molar-refractivity contribution in [3.05, 3.63) is 0 Å². The van der Waals surface area contributed by atoms with E-state index in [0.29, 0.717) is 6.41 Å². The number of carbonyl (C=O) groups is 2. The topological polar surface area (TPSA) is 75.6 Å². The van der Waals surface area contributed by atoms with Gasteiger partial charge in [0, 0.05) is 0 Å². The van der Waals surface area contributed by atoms with Gasteiger partial charge < -0.3 is 15.2 Å². The van der Waals surface area contributed by atoms with Crippen molar-refractivity contribution in [3.63, 3.8) is 0 Å². The zero-order valence-corrected chi connectivity index (χ0v) is 5.16. The molecule has 2 N–H and O–H groups in total. The van der Waals surface area contributed by atoms with Crippen LogP contribution in [0.15, 0.2) is 0 Å². The van der Waals surface area contributed by atoms with Crippen LogP contribution >= 0.6 is 0 Å². The minimum atomic E-state index is -1.15. The summed E-state index contributed by atoms with van der Waals surface area (Å²) in [5.41, 5.74) is -1.15. The first kappa shape index (κ1) is 7.01. The van der Waals surface area contributed by atoms with Gasteiger partial charge in [-0.15, -0.1) is 0 Å². The van der Waals surface area contributed by atoms with Crippen LogP contribution in [0, 0.1) is 0 Å². The maximum absolute atomic E-state index is 10.4. The molecule has 0 spiro atoms. The van der Waals surface area contributed by atoms with Gasteiger partial charge in [-0.05, 0) is 0 Å². The number of aliphatic carboxylic acids is 1. The second kappa shape index (κ2) is 2.26. The average molecular weight is 145 g/mol. The summed E-state index contributed by atoms with van der Waals surface area (Å²) in [7, 11) is 0. The van der Waals surface area contributed by atoms with E-state index in [1.807, 2.05) is 0 Å². The highest BCUT2D eigenvalue weighted by molar-refractivity contribution is 5.82. The second-order valence-electron chi connectivity index (χ2n) is 2.14. The summed E-state index contributed by atoms with van der Waals surface area (Å²) < 4.78 is 4.65. The SMILES string of the molecule is O=CNC1(C(=O)O)COC1. The number of amides is 1. The summed E-state index contributed by atoms with van der Waals surface area (Å²) in [6.45, 7) is 0.113. The van der Waals surface area contributed by atoms with Crippen LogP contribution in [0.3, 0.4) is 0 Å². The lowest BCUT2D eigenvalue weighted by Crippen LogP contribution is -2.65. The van der Waals surface area contributed by atoms with Crippen LogP contribution in [0.5, 0.6) is 0 Å². The third-order valence-corrected chi connectivity index (χ3v) is 1.44. The Morgan fingerprint density at radius 2 is 2.30 bits per heavy atom. The van der Waals surface area contributed by atoms with Gasteiger partial charge in [-0.1, -0.05) is 0 Å². The van der Waals surface area contributed by atoms with E-state index in [1.54, 1.807) is 0 Å². The Balaban J connectivity index is 2.58.